The summed E-state index contributed by atoms with van der Waals surface area (Å²) < 4.78 is 26.1. The van der Waals surface area contributed by atoms with Crippen molar-refractivity contribution in [1.29, 1.82) is 0 Å². The zero-order valence-electron chi connectivity index (χ0n) is 21.5. The van der Waals surface area contributed by atoms with Gasteiger partial charge in [0.05, 0.1) is 49.6 Å². The lowest BCUT2D eigenvalue weighted by molar-refractivity contribution is 0.0179. The minimum absolute atomic E-state index is 0.0564. The number of nitrogens with zero attached hydrogens (tertiary/aromatic N) is 1. The molecule has 0 aliphatic heterocycles. The third-order valence-electron chi connectivity index (χ3n) is 6.22. The van der Waals surface area contributed by atoms with Gasteiger partial charge in [0.15, 0.2) is 5.78 Å². The van der Waals surface area contributed by atoms with Gasteiger partial charge in [0, 0.05) is 32.5 Å². The second-order valence-corrected chi connectivity index (χ2v) is 10.6. The number of Topliss-reactive ketones (excluding diaryl/α,β-unsaturated/α-hetero) is 1. The van der Waals surface area contributed by atoms with E-state index in [9.17, 15) is 4.79 Å². The number of benzene rings is 3. The van der Waals surface area contributed by atoms with Crippen molar-refractivity contribution in [2.75, 3.05) is 46.8 Å². The molecule has 3 aromatic carbocycles. The van der Waals surface area contributed by atoms with E-state index in [1.54, 1.807) is 14.0 Å². The van der Waals surface area contributed by atoms with Crippen LogP contribution in [-0.4, -0.2) is 57.1 Å². The monoisotopic (exact) mass is 631 g/mol. The van der Waals surface area contributed by atoms with Gasteiger partial charge in [-0.25, -0.2) is 0 Å². The summed E-state index contributed by atoms with van der Waals surface area (Å²) in [7, 11) is 1.64. The Labute approximate surface area is 234 Å². The Kier molecular flexibility index (Phi) is 9.42. The van der Waals surface area contributed by atoms with Crippen molar-refractivity contribution in [3.63, 3.8) is 0 Å². The number of hydrogen-bond acceptors (Lipinski definition) is 5. The van der Waals surface area contributed by atoms with Crippen molar-refractivity contribution in [3.05, 3.63) is 68.1 Å². The summed E-state index contributed by atoms with van der Waals surface area (Å²) in [5.74, 6) is 0.491. The number of fused-ring (bicyclic) bond motifs is 3. The van der Waals surface area contributed by atoms with E-state index < -0.39 is 0 Å². The number of rotatable bonds is 12. The van der Waals surface area contributed by atoms with Crippen LogP contribution < -0.4 is 4.74 Å². The lowest BCUT2D eigenvalue weighted by Crippen LogP contribution is -2.13. The number of methoxy groups -OCH3 is 1. The van der Waals surface area contributed by atoms with Gasteiger partial charge in [-0.2, -0.15) is 0 Å². The highest BCUT2D eigenvalue weighted by Gasteiger charge is 2.18. The van der Waals surface area contributed by atoms with E-state index in [-0.39, 0.29) is 5.78 Å². The molecule has 1 heterocycles. The number of carbonyl (C=O) groups excluding carboxylic acids is 1. The molecule has 0 amide bonds. The highest BCUT2D eigenvalue weighted by molar-refractivity contribution is 9.10. The second kappa shape index (κ2) is 12.5. The molecule has 0 aliphatic rings. The summed E-state index contributed by atoms with van der Waals surface area (Å²) in [6, 6.07) is 14.5. The molecule has 0 radical (unpaired) electrons. The van der Waals surface area contributed by atoms with Gasteiger partial charge in [0.2, 0.25) is 0 Å². The van der Waals surface area contributed by atoms with Crippen molar-refractivity contribution in [2.24, 2.45) is 0 Å². The van der Waals surface area contributed by atoms with Gasteiger partial charge >= 0.3 is 0 Å². The molecule has 0 spiro atoms. The van der Waals surface area contributed by atoms with Crippen molar-refractivity contribution in [2.45, 2.75) is 20.8 Å². The number of aryl methyl sites for hydroxylation is 2. The molecular weight excluding hydrogens is 602 g/mol. The Morgan fingerprint density at radius 1 is 0.784 bits per heavy atom. The molecule has 0 aliphatic carbocycles. The fourth-order valence-corrected chi connectivity index (χ4v) is 4.95. The SMILES string of the molecule is COCCOCCOCCOc1ccc(-n2c3cc(Br)c(C)cc3c3cc(C)c(Br)cc32)cc1C(C)=O. The largest absolute Gasteiger partial charge is 0.490 e. The Morgan fingerprint density at radius 2 is 1.32 bits per heavy atom. The summed E-state index contributed by atoms with van der Waals surface area (Å²) in [6.07, 6.45) is 0. The first-order valence-electron chi connectivity index (χ1n) is 12.1. The van der Waals surface area contributed by atoms with Crippen LogP contribution in [0, 0.1) is 13.8 Å². The topological polar surface area (TPSA) is 58.9 Å². The minimum atomic E-state index is -0.0564. The van der Waals surface area contributed by atoms with Crippen LogP contribution in [0.15, 0.2) is 51.4 Å². The van der Waals surface area contributed by atoms with Crippen molar-refractivity contribution < 1.29 is 23.7 Å². The number of carbonyl (C=O) groups is 1. The van der Waals surface area contributed by atoms with Gasteiger partial charge in [-0.3, -0.25) is 4.79 Å². The highest BCUT2D eigenvalue weighted by Crippen LogP contribution is 2.38. The number of halogens is 2. The van der Waals surface area contributed by atoms with Crippen LogP contribution in [0.3, 0.4) is 0 Å². The third kappa shape index (κ3) is 6.26. The standard InChI is InChI=1S/C29H31Br2NO5/c1-18-13-23-24-14-19(2)26(31)17-28(24)32(27(23)16-25(18)30)21-5-6-29(22(15-21)20(3)33)37-12-11-36-10-9-35-8-7-34-4/h5-6,13-17H,7-12H2,1-4H3. The van der Waals surface area contributed by atoms with Crippen LogP contribution in [-0.2, 0) is 14.2 Å². The smallest absolute Gasteiger partial charge is 0.163 e. The first-order chi connectivity index (χ1) is 17.8. The van der Waals surface area contributed by atoms with Gasteiger partial charge in [0.25, 0.3) is 0 Å². The lowest BCUT2D eigenvalue weighted by Gasteiger charge is -2.14. The molecule has 196 valence electrons. The van der Waals surface area contributed by atoms with E-state index in [4.69, 9.17) is 18.9 Å². The molecule has 0 unspecified atom stereocenters. The summed E-state index contributed by atoms with van der Waals surface area (Å²) >= 11 is 7.40. The van der Waals surface area contributed by atoms with E-state index in [0.29, 0.717) is 51.0 Å². The van der Waals surface area contributed by atoms with Crippen LogP contribution in [0.25, 0.3) is 27.5 Å². The van der Waals surface area contributed by atoms with E-state index in [0.717, 1.165) is 25.7 Å². The number of hydrogen-bond donors (Lipinski definition) is 0. The fraction of sp³-hybridized carbons (Fsp3) is 0.345. The number of ketones is 1. The maximum Gasteiger partial charge on any atom is 0.163 e. The first-order valence-corrected chi connectivity index (χ1v) is 13.7. The number of aromatic nitrogens is 1. The molecule has 8 heteroatoms. The van der Waals surface area contributed by atoms with Crippen LogP contribution in [0.2, 0.25) is 0 Å². The van der Waals surface area contributed by atoms with Gasteiger partial charge < -0.3 is 23.5 Å². The van der Waals surface area contributed by atoms with Crippen molar-refractivity contribution >= 4 is 59.4 Å². The fourth-order valence-electron chi connectivity index (χ4n) is 4.28. The normalized spacial score (nSPS) is 11.5. The lowest BCUT2D eigenvalue weighted by atomic mass is 10.1. The van der Waals surface area contributed by atoms with Gasteiger partial charge in [-0.15, -0.1) is 0 Å². The zero-order valence-corrected chi connectivity index (χ0v) is 24.7. The molecule has 0 saturated heterocycles. The molecule has 0 fully saturated rings. The Hall–Kier alpha value is -2.23. The van der Waals surface area contributed by atoms with E-state index >= 15 is 0 Å². The van der Waals surface area contributed by atoms with Crippen LogP contribution in [0.5, 0.6) is 5.75 Å². The molecule has 0 saturated carbocycles. The quantitative estimate of drug-likeness (QED) is 0.122. The summed E-state index contributed by atoms with van der Waals surface area (Å²) in [4.78, 5) is 12.6. The van der Waals surface area contributed by atoms with E-state index in [1.165, 1.54) is 21.9 Å². The van der Waals surface area contributed by atoms with Gasteiger partial charge in [-0.05, 0) is 74.4 Å². The first kappa shape index (κ1) is 27.8. The molecule has 6 nitrogen and oxygen atoms in total. The average molecular weight is 633 g/mol. The molecule has 4 aromatic rings. The predicted octanol–water partition coefficient (Wildman–Crippen LogP) is 7.19. The summed E-state index contributed by atoms with van der Waals surface area (Å²) in [5, 5.41) is 2.33. The molecule has 4 rings (SSSR count). The molecule has 0 atom stereocenters. The molecular formula is C29H31Br2NO5. The average Bonchev–Trinajstić information content (AvgIpc) is 3.15. The molecule has 1 aromatic heterocycles. The predicted molar refractivity (Wildman–Crippen MR) is 155 cm³/mol. The van der Waals surface area contributed by atoms with Gasteiger partial charge in [-0.1, -0.05) is 31.9 Å². The third-order valence-corrected chi connectivity index (χ3v) is 7.92. The Morgan fingerprint density at radius 3 is 1.86 bits per heavy atom. The second-order valence-electron chi connectivity index (χ2n) is 8.88. The summed E-state index contributed by atoms with van der Waals surface area (Å²) in [6.45, 7) is 8.58. The maximum absolute atomic E-state index is 12.6. The van der Waals surface area contributed by atoms with Gasteiger partial charge in [0.1, 0.15) is 12.4 Å². The molecule has 37 heavy (non-hydrogen) atoms. The molecule has 0 bridgehead atoms. The van der Waals surface area contributed by atoms with Crippen LogP contribution >= 0.6 is 31.9 Å². The Balaban J connectivity index is 1.62. The minimum Gasteiger partial charge on any atom is -0.490 e. The zero-order chi connectivity index (χ0) is 26.5. The van der Waals surface area contributed by atoms with E-state index in [2.05, 4.69) is 74.5 Å². The summed E-state index contributed by atoms with van der Waals surface area (Å²) in [5.41, 5.74) is 5.90. The van der Waals surface area contributed by atoms with E-state index in [1.807, 2.05) is 18.2 Å². The highest BCUT2D eigenvalue weighted by atomic mass is 79.9. The van der Waals surface area contributed by atoms with Crippen molar-refractivity contribution in [1.82, 2.24) is 4.57 Å². The molecule has 0 N–H and O–H groups in total. The maximum atomic E-state index is 12.6. The van der Waals surface area contributed by atoms with Crippen LogP contribution in [0.1, 0.15) is 28.4 Å². The van der Waals surface area contributed by atoms with Crippen molar-refractivity contribution in [3.8, 4) is 11.4 Å². The van der Waals surface area contributed by atoms with Crippen LogP contribution in [0.4, 0.5) is 0 Å². The number of ether oxygens (including phenoxy) is 4. The Bertz CT molecular complexity index is 1360.